The van der Waals surface area contributed by atoms with Crippen molar-refractivity contribution < 1.29 is 14.4 Å². The quantitative estimate of drug-likeness (QED) is 0.708. The molecule has 146 valence electrons. The van der Waals surface area contributed by atoms with Gasteiger partial charge in [-0.1, -0.05) is 5.16 Å². The zero-order valence-electron chi connectivity index (χ0n) is 15.8. The van der Waals surface area contributed by atoms with Crippen molar-refractivity contribution in [2.45, 2.75) is 45.2 Å². The summed E-state index contributed by atoms with van der Waals surface area (Å²) in [4.78, 5) is 23.7. The van der Waals surface area contributed by atoms with Gasteiger partial charge in [0.05, 0.1) is 18.5 Å². The monoisotopic (exact) mass is 382 g/mol. The van der Waals surface area contributed by atoms with E-state index in [0.717, 1.165) is 24.1 Å². The zero-order chi connectivity index (χ0) is 19.6. The molecule has 1 aliphatic heterocycles. The number of β-amino-alcohol motifs (C(OH)–C–C–N with tert-alkyl or cyclic N) is 1. The number of carbonyl (C=O) groups is 1. The third-order valence-electron chi connectivity index (χ3n) is 5.55. The molecule has 5 rings (SSSR count). The highest BCUT2D eigenvalue weighted by Gasteiger charge is 2.41. The highest BCUT2D eigenvalue weighted by atomic mass is 16.5. The van der Waals surface area contributed by atoms with Crippen molar-refractivity contribution in [3.05, 3.63) is 23.3 Å². The number of hydrogen-bond donors (Lipinski definition) is 2. The molecule has 1 fully saturated rings. The summed E-state index contributed by atoms with van der Waals surface area (Å²) in [6.45, 7) is 4.56. The molecule has 1 amide bonds. The summed E-state index contributed by atoms with van der Waals surface area (Å²) in [7, 11) is 0. The van der Waals surface area contributed by atoms with Crippen LogP contribution in [0.4, 0.5) is 5.82 Å². The average Bonchev–Trinajstić information content (AvgIpc) is 3.34. The van der Waals surface area contributed by atoms with Crippen molar-refractivity contribution in [1.29, 1.82) is 0 Å². The van der Waals surface area contributed by atoms with Gasteiger partial charge in [0.25, 0.3) is 5.91 Å². The number of fused-ring (bicyclic) bond motifs is 5. The Hall–Kier alpha value is -2.94. The lowest BCUT2D eigenvalue weighted by molar-refractivity contribution is 0.0704. The summed E-state index contributed by atoms with van der Waals surface area (Å²) >= 11 is 0. The Balaban J connectivity index is 1.89. The SMILES string of the molecule is CC(C)n1c2c(c3c(N)ncnc31)-c1noc(C3CC3)c1C(=O)N(CCO)C2. The van der Waals surface area contributed by atoms with Gasteiger partial charge in [0, 0.05) is 29.8 Å². The van der Waals surface area contributed by atoms with Crippen molar-refractivity contribution in [2.24, 2.45) is 0 Å². The Morgan fingerprint density at radius 1 is 1.32 bits per heavy atom. The fourth-order valence-corrected chi connectivity index (χ4v) is 4.19. The van der Waals surface area contributed by atoms with E-state index in [4.69, 9.17) is 10.3 Å². The van der Waals surface area contributed by atoms with E-state index < -0.39 is 0 Å². The summed E-state index contributed by atoms with van der Waals surface area (Å²) in [5, 5.41) is 14.6. The number of aliphatic hydroxyl groups is 1. The molecule has 0 spiro atoms. The molecule has 2 aliphatic rings. The highest BCUT2D eigenvalue weighted by Crippen LogP contribution is 2.48. The maximum absolute atomic E-state index is 13.4. The van der Waals surface area contributed by atoms with E-state index in [1.807, 2.05) is 0 Å². The molecule has 0 radical (unpaired) electrons. The number of rotatable bonds is 4. The van der Waals surface area contributed by atoms with E-state index in [1.165, 1.54) is 6.33 Å². The van der Waals surface area contributed by atoms with E-state index >= 15 is 0 Å². The third kappa shape index (κ3) is 2.29. The Kier molecular flexibility index (Phi) is 3.70. The van der Waals surface area contributed by atoms with Crippen LogP contribution >= 0.6 is 0 Å². The Morgan fingerprint density at radius 2 is 2.11 bits per heavy atom. The molecule has 0 atom stereocenters. The first-order valence-electron chi connectivity index (χ1n) is 9.56. The van der Waals surface area contributed by atoms with Gasteiger partial charge in [-0.05, 0) is 26.7 Å². The predicted octanol–water partition coefficient (Wildman–Crippen LogP) is 2.07. The molecule has 3 N–H and O–H groups in total. The molecule has 9 heteroatoms. The van der Waals surface area contributed by atoms with Crippen LogP contribution < -0.4 is 5.73 Å². The largest absolute Gasteiger partial charge is 0.395 e. The van der Waals surface area contributed by atoms with E-state index in [9.17, 15) is 9.90 Å². The van der Waals surface area contributed by atoms with Crippen LogP contribution in [0.5, 0.6) is 0 Å². The van der Waals surface area contributed by atoms with Crippen LogP contribution in [-0.4, -0.2) is 48.8 Å². The van der Waals surface area contributed by atoms with Crippen LogP contribution in [0.15, 0.2) is 10.9 Å². The van der Waals surface area contributed by atoms with Crippen molar-refractivity contribution in [2.75, 3.05) is 18.9 Å². The van der Waals surface area contributed by atoms with Gasteiger partial charge in [-0.15, -0.1) is 0 Å². The van der Waals surface area contributed by atoms with Gasteiger partial charge in [0.2, 0.25) is 0 Å². The molecule has 3 aromatic rings. The average molecular weight is 382 g/mol. The molecule has 9 nitrogen and oxygen atoms in total. The molecular formula is C19H22N6O3. The molecule has 4 heterocycles. The predicted molar refractivity (Wildman–Crippen MR) is 102 cm³/mol. The lowest BCUT2D eigenvalue weighted by atomic mass is 10.0. The second kappa shape index (κ2) is 6.03. The van der Waals surface area contributed by atoms with E-state index in [0.29, 0.717) is 40.4 Å². The second-order valence-electron chi connectivity index (χ2n) is 7.74. The van der Waals surface area contributed by atoms with Crippen LogP contribution in [0.3, 0.4) is 0 Å². The van der Waals surface area contributed by atoms with Gasteiger partial charge in [-0.2, -0.15) is 0 Å². The fraction of sp³-hybridized carbons (Fsp3) is 0.474. The number of hydrogen-bond acceptors (Lipinski definition) is 7. The van der Waals surface area contributed by atoms with Crippen LogP contribution in [0.1, 0.15) is 60.5 Å². The Morgan fingerprint density at radius 3 is 2.79 bits per heavy atom. The molecule has 28 heavy (non-hydrogen) atoms. The van der Waals surface area contributed by atoms with Crippen molar-refractivity contribution >= 4 is 22.8 Å². The molecule has 0 saturated heterocycles. The minimum Gasteiger partial charge on any atom is -0.395 e. The topological polar surface area (TPSA) is 123 Å². The number of nitrogen functional groups attached to an aromatic ring is 1. The summed E-state index contributed by atoms with van der Waals surface area (Å²) in [6, 6.07) is 0.0861. The maximum atomic E-state index is 13.4. The van der Waals surface area contributed by atoms with Gasteiger partial charge in [-0.25, -0.2) is 9.97 Å². The van der Waals surface area contributed by atoms with Gasteiger partial charge < -0.3 is 24.8 Å². The Labute approximate surface area is 161 Å². The molecule has 0 aromatic carbocycles. The van der Waals surface area contributed by atoms with Crippen molar-refractivity contribution in [3.8, 4) is 11.3 Å². The summed E-state index contributed by atoms with van der Waals surface area (Å²) in [6.07, 6.45) is 3.42. The zero-order valence-corrected chi connectivity index (χ0v) is 15.8. The smallest absolute Gasteiger partial charge is 0.260 e. The number of anilines is 1. The van der Waals surface area contributed by atoms with Gasteiger partial charge in [0.1, 0.15) is 29.0 Å². The van der Waals surface area contributed by atoms with Crippen LogP contribution in [-0.2, 0) is 6.54 Å². The van der Waals surface area contributed by atoms with Crippen LogP contribution in [0, 0.1) is 0 Å². The van der Waals surface area contributed by atoms with Gasteiger partial charge >= 0.3 is 0 Å². The second-order valence-corrected chi connectivity index (χ2v) is 7.74. The van der Waals surface area contributed by atoms with E-state index in [2.05, 4.69) is 33.5 Å². The molecule has 1 aliphatic carbocycles. The molecular weight excluding hydrogens is 360 g/mol. The van der Waals surface area contributed by atoms with Crippen LogP contribution in [0.25, 0.3) is 22.3 Å². The summed E-state index contributed by atoms with van der Waals surface area (Å²) in [5.74, 6) is 1.05. The fourth-order valence-electron chi connectivity index (χ4n) is 4.19. The lowest BCUT2D eigenvalue weighted by Crippen LogP contribution is -2.33. The van der Waals surface area contributed by atoms with Gasteiger partial charge in [0.15, 0.2) is 5.76 Å². The summed E-state index contributed by atoms with van der Waals surface area (Å²) < 4.78 is 7.73. The number of carbonyl (C=O) groups excluding carboxylic acids is 1. The molecule has 0 bridgehead atoms. The van der Waals surface area contributed by atoms with Gasteiger partial charge in [-0.3, -0.25) is 4.79 Å². The third-order valence-corrected chi connectivity index (χ3v) is 5.55. The number of aromatic nitrogens is 4. The number of aliphatic hydroxyl groups excluding tert-OH is 1. The van der Waals surface area contributed by atoms with E-state index in [-0.39, 0.29) is 31.0 Å². The first-order chi connectivity index (χ1) is 13.5. The first-order valence-corrected chi connectivity index (χ1v) is 9.56. The number of nitrogens with two attached hydrogens (primary N) is 1. The van der Waals surface area contributed by atoms with Crippen LogP contribution in [0.2, 0.25) is 0 Å². The molecule has 3 aromatic heterocycles. The Bertz CT molecular complexity index is 1090. The minimum atomic E-state index is -0.165. The number of amides is 1. The molecule has 1 saturated carbocycles. The normalized spacial score (nSPS) is 16.6. The van der Waals surface area contributed by atoms with E-state index in [1.54, 1.807) is 4.90 Å². The lowest BCUT2D eigenvalue weighted by Gasteiger charge is -2.22. The number of nitrogens with zero attached hydrogens (tertiary/aromatic N) is 5. The minimum absolute atomic E-state index is 0.0861. The molecule has 0 unspecified atom stereocenters. The standard InChI is InChI=1S/C19H22N6O3/c1-9(2)25-11-7-24(5-6-26)19(27)14-15(23-28-16(14)10-3-4-10)12(11)13-17(20)21-8-22-18(13)25/h8-10,26H,3-7H2,1-2H3,(H2,20,21,22). The van der Waals surface area contributed by atoms with Crippen molar-refractivity contribution in [3.63, 3.8) is 0 Å². The summed E-state index contributed by atoms with van der Waals surface area (Å²) in [5.41, 5.74) is 9.61. The highest BCUT2D eigenvalue weighted by molar-refractivity contribution is 6.09. The first kappa shape index (κ1) is 17.2. The van der Waals surface area contributed by atoms with Crippen molar-refractivity contribution in [1.82, 2.24) is 24.6 Å². The maximum Gasteiger partial charge on any atom is 0.260 e.